The molecule has 0 spiro atoms. The van der Waals surface area contributed by atoms with Gasteiger partial charge in [0.1, 0.15) is 5.76 Å². The zero-order valence-electron chi connectivity index (χ0n) is 12.2. The van der Waals surface area contributed by atoms with Gasteiger partial charge in [0.2, 0.25) is 11.7 Å². The van der Waals surface area contributed by atoms with Gasteiger partial charge in [-0.1, -0.05) is 21.1 Å². The molecule has 0 aliphatic carbocycles. The Bertz CT molecular complexity index is 811. The van der Waals surface area contributed by atoms with Gasteiger partial charge in [0.05, 0.1) is 6.54 Å². The Hall–Kier alpha value is -2.55. The molecule has 2 heterocycles. The first-order valence-corrected chi connectivity index (χ1v) is 7.66. The molecule has 0 atom stereocenters. The SMILES string of the molecule is Cc1cc(NC(=O)CCn2nnc(-c3ccc(Br)cc3)n2)no1. The molecule has 3 aromatic rings. The molecule has 9 heteroatoms. The molecule has 1 N–H and O–H groups in total. The summed E-state index contributed by atoms with van der Waals surface area (Å²) in [6, 6.07) is 9.25. The maximum Gasteiger partial charge on any atom is 0.227 e. The van der Waals surface area contributed by atoms with Crippen LogP contribution >= 0.6 is 15.9 Å². The van der Waals surface area contributed by atoms with Crippen LogP contribution in [0.4, 0.5) is 5.82 Å². The van der Waals surface area contributed by atoms with E-state index in [4.69, 9.17) is 4.52 Å². The van der Waals surface area contributed by atoms with Gasteiger partial charge in [0.15, 0.2) is 5.82 Å². The van der Waals surface area contributed by atoms with Crippen LogP contribution in [0.25, 0.3) is 11.4 Å². The topological polar surface area (TPSA) is 98.7 Å². The van der Waals surface area contributed by atoms with E-state index in [2.05, 4.69) is 41.8 Å². The molecule has 2 aromatic heterocycles. The van der Waals surface area contributed by atoms with Crippen LogP contribution in [-0.2, 0) is 11.3 Å². The summed E-state index contributed by atoms with van der Waals surface area (Å²) in [5.74, 6) is 1.36. The van der Waals surface area contributed by atoms with Crippen molar-refractivity contribution in [3.05, 3.63) is 40.6 Å². The maximum absolute atomic E-state index is 11.8. The summed E-state index contributed by atoms with van der Waals surface area (Å²) in [4.78, 5) is 13.2. The Morgan fingerprint density at radius 2 is 2.13 bits per heavy atom. The number of nitrogens with one attached hydrogen (secondary N) is 1. The van der Waals surface area contributed by atoms with E-state index in [1.165, 1.54) is 4.80 Å². The molecule has 0 saturated heterocycles. The lowest BCUT2D eigenvalue weighted by Crippen LogP contribution is -2.15. The van der Waals surface area contributed by atoms with E-state index >= 15 is 0 Å². The van der Waals surface area contributed by atoms with Crippen molar-refractivity contribution >= 4 is 27.7 Å². The van der Waals surface area contributed by atoms with Gasteiger partial charge in [0, 0.05) is 22.5 Å². The third kappa shape index (κ3) is 4.01. The fourth-order valence-corrected chi connectivity index (χ4v) is 2.15. The Labute approximate surface area is 140 Å². The van der Waals surface area contributed by atoms with Crippen molar-refractivity contribution in [2.45, 2.75) is 19.9 Å². The molecule has 3 rings (SSSR count). The minimum absolute atomic E-state index is 0.194. The lowest BCUT2D eigenvalue weighted by Gasteiger charge is -2.00. The second-order valence-corrected chi connectivity index (χ2v) is 5.75. The van der Waals surface area contributed by atoms with E-state index < -0.39 is 0 Å². The first-order chi connectivity index (χ1) is 11.1. The summed E-state index contributed by atoms with van der Waals surface area (Å²) in [5.41, 5.74) is 0.863. The first kappa shape index (κ1) is 15.3. The molecule has 8 nitrogen and oxygen atoms in total. The Morgan fingerprint density at radius 1 is 1.35 bits per heavy atom. The highest BCUT2D eigenvalue weighted by Gasteiger charge is 2.09. The largest absolute Gasteiger partial charge is 0.360 e. The summed E-state index contributed by atoms with van der Waals surface area (Å²) in [5, 5.41) is 18.5. The molecule has 0 fully saturated rings. The van der Waals surface area contributed by atoms with Gasteiger partial charge in [-0.2, -0.15) is 4.80 Å². The lowest BCUT2D eigenvalue weighted by molar-refractivity contribution is -0.116. The van der Waals surface area contributed by atoms with Crippen LogP contribution in [0.2, 0.25) is 0 Å². The number of benzene rings is 1. The summed E-state index contributed by atoms with van der Waals surface area (Å²) in [6.45, 7) is 2.08. The molecule has 1 amide bonds. The highest BCUT2D eigenvalue weighted by molar-refractivity contribution is 9.10. The number of hydrogen-bond donors (Lipinski definition) is 1. The highest BCUT2D eigenvalue weighted by atomic mass is 79.9. The van der Waals surface area contributed by atoms with E-state index in [0.29, 0.717) is 23.9 Å². The molecule has 23 heavy (non-hydrogen) atoms. The van der Waals surface area contributed by atoms with Crippen LogP contribution in [0, 0.1) is 6.92 Å². The number of tetrazole rings is 1. The van der Waals surface area contributed by atoms with Crippen molar-refractivity contribution in [3.63, 3.8) is 0 Å². The second kappa shape index (κ2) is 6.69. The van der Waals surface area contributed by atoms with Crippen molar-refractivity contribution in [2.75, 3.05) is 5.32 Å². The Balaban J connectivity index is 1.56. The van der Waals surface area contributed by atoms with Crippen molar-refractivity contribution in [3.8, 4) is 11.4 Å². The van der Waals surface area contributed by atoms with Crippen LogP contribution in [0.5, 0.6) is 0 Å². The van der Waals surface area contributed by atoms with Crippen molar-refractivity contribution < 1.29 is 9.32 Å². The second-order valence-electron chi connectivity index (χ2n) is 4.84. The van der Waals surface area contributed by atoms with Crippen LogP contribution in [-0.4, -0.2) is 31.3 Å². The summed E-state index contributed by atoms with van der Waals surface area (Å²) < 4.78 is 5.86. The number of amides is 1. The molecular weight excluding hydrogens is 364 g/mol. The molecule has 1 aromatic carbocycles. The Morgan fingerprint density at radius 3 is 2.83 bits per heavy atom. The molecule has 0 radical (unpaired) electrons. The summed E-state index contributed by atoms with van der Waals surface area (Å²) in [6.07, 6.45) is 0.210. The monoisotopic (exact) mass is 376 g/mol. The van der Waals surface area contributed by atoms with Gasteiger partial charge in [-0.05, 0) is 36.4 Å². The average molecular weight is 377 g/mol. The van der Waals surface area contributed by atoms with Gasteiger partial charge in [-0.15, -0.1) is 10.2 Å². The fraction of sp³-hybridized carbons (Fsp3) is 0.214. The lowest BCUT2D eigenvalue weighted by atomic mass is 10.2. The quantitative estimate of drug-likeness (QED) is 0.733. The number of halogens is 1. The molecule has 0 unspecified atom stereocenters. The smallest absolute Gasteiger partial charge is 0.227 e. The first-order valence-electron chi connectivity index (χ1n) is 6.87. The summed E-state index contributed by atoms with van der Waals surface area (Å²) in [7, 11) is 0. The van der Waals surface area contributed by atoms with E-state index in [1.54, 1.807) is 13.0 Å². The van der Waals surface area contributed by atoms with Crippen molar-refractivity contribution in [1.82, 2.24) is 25.4 Å². The maximum atomic E-state index is 11.8. The van der Waals surface area contributed by atoms with Crippen LogP contribution in [0.1, 0.15) is 12.2 Å². The number of carbonyl (C=O) groups excluding carboxylic acids is 1. The zero-order chi connectivity index (χ0) is 16.2. The Kier molecular flexibility index (Phi) is 4.47. The minimum Gasteiger partial charge on any atom is -0.360 e. The van der Waals surface area contributed by atoms with E-state index in [1.807, 2.05) is 24.3 Å². The average Bonchev–Trinajstić information content (AvgIpc) is 3.15. The zero-order valence-corrected chi connectivity index (χ0v) is 13.8. The molecule has 0 bridgehead atoms. The molecule has 118 valence electrons. The number of rotatable bonds is 5. The highest BCUT2D eigenvalue weighted by Crippen LogP contribution is 2.17. The van der Waals surface area contributed by atoms with Crippen LogP contribution in [0.3, 0.4) is 0 Å². The van der Waals surface area contributed by atoms with Gasteiger partial charge in [-0.3, -0.25) is 4.79 Å². The number of aromatic nitrogens is 5. The minimum atomic E-state index is -0.194. The van der Waals surface area contributed by atoms with Crippen LogP contribution < -0.4 is 5.32 Å². The van der Waals surface area contributed by atoms with Gasteiger partial charge in [0.25, 0.3) is 0 Å². The standard InChI is InChI=1S/C14H13BrN6O2/c1-9-8-12(19-23-9)16-13(22)6-7-21-18-14(17-20-21)10-2-4-11(15)5-3-10/h2-5,8H,6-7H2,1H3,(H,16,19,22). The normalized spacial score (nSPS) is 10.7. The van der Waals surface area contributed by atoms with Gasteiger partial charge in [-0.25, -0.2) is 0 Å². The predicted molar refractivity (Wildman–Crippen MR) is 85.4 cm³/mol. The number of hydrogen-bond acceptors (Lipinski definition) is 6. The number of nitrogens with zero attached hydrogens (tertiary/aromatic N) is 5. The third-order valence-corrected chi connectivity index (χ3v) is 3.52. The van der Waals surface area contributed by atoms with Crippen molar-refractivity contribution in [2.24, 2.45) is 0 Å². The summed E-state index contributed by atoms with van der Waals surface area (Å²) >= 11 is 3.37. The van der Waals surface area contributed by atoms with E-state index in [-0.39, 0.29) is 12.3 Å². The number of aryl methyl sites for hydroxylation is 2. The molecule has 0 aliphatic rings. The third-order valence-electron chi connectivity index (χ3n) is 2.99. The van der Waals surface area contributed by atoms with Crippen molar-refractivity contribution in [1.29, 1.82) is 0 Å². The van der Waals surface area contributed by atoms with E-state index in [0.717, 1.165) is 10.0 Å². The fourth-order valence-electron chi connectivity index (χ4n) is 1.88. The molecule has 0 aliphatic heterocycles. The number of anilines is 1. The predicted octanol–water partition coefficient (Wildman–Crippen LogP) is 2.43. The van der Waals surface area contributed by atoms with E-state index in [9.17, 15) is 4.79 Å². The molecule has 0 saturated carbocycles. The van der Waals surface area contributed by atoms with Gasteiger partial charge >= 0.3 is 0 Å². The number of carbonyl (C=O) groups is 1. The van der Waals surface area contributed by atoms with Gasteiger partial charge < -0.3 is 9.84 Å². The van der Waals surface area contributed by atoms with Crippen LogP contribution in [0.15, 0.2) is 39.3 Å². The molecular formula is C14H13BrN6O2.